The molecule has 0 fully saturated rings. The molecule has 0 aliphatic carbocycles. The molecule has 1 N–H and O–H groups in total. The van der Waals surface area contributed by atoms with Gasteiger partial charge in [0.2, 0.25) is 0 Å². The monoisotopic (exact) mass is 390 g/mol. The highest BCUT2D eigenvalue weighted by atomic mass is 32.2. The summed E-state index contributed by atoms with van der Waals surface area (Å²) < 4.78 is 5.78. The summed E-state index contributed by atoms with van der Waals surface area (Å²) in [5.41, 5.74) is 3.21. The maximum absolute atomic E-state index is 10.3. The first-order valence-electron chi connectivity index (χ1n) is 9.18. The topological polar surface area (TPSA) is 59.2 Å². The number of aromatic nitrogens is 2. The molecule has 4 rings (SSSR count). The van der Waals surface area contributed by atoms with Crippen molar-refractivity contribution in [1.29, 1.82) is 0 Å². The number of nitrogens with zero attached hydrogens (tertiary/aromatic N) is 2. The molecular formula is C23H22N2O2S. The van der Waals surface area contributed by atoms with Crippen molar-refractivity contribution in [1.82, 2.24) is 10.2 Å². The largest absolute Gasteiger partial charge is 0.507 e. The predicted octanol–water partition coefficient (Wildman–Crippen LogP) is 6.19. The molecule has 0 radical (unpaired) electrons. The van der Waals surface area contributed by atoms with Crippen molar-refractivity contribution >= 4 is 22.5 Å². The van der Waals surface area contributed by atoms with Crippen LogP contribution in [0.2, 0.25) is 0 Å². The fourth-order valence-electron chi connectivity index (χ4n) is 3.02. The Morgan fingerprint density at radius 2 is 1.61 bits per heavy atom. The first kappa shape index (κ1) is 18.6. The van der Waals surface area contributed by atoms with Crippen molar-refractivity contribution in [3.63, 3.8) is 0 Å². The second-order valence-electron chi connectivity index (χ2n) is 7.83. The first-order chi connectivity index (χ1) is 13.4. The van der Waals surface area contributed by atoms with Crippen molar-refractivity contribution in [2.45, 2.75) is 37.2 Å². The molecule has 1 heterocycles. The van der Waals surface area contributed by atoms with E-state index in [-0.39, 0.29) is 11.2 Å². The van der Waals surface area contributed by atoms with Crippen LogP contribution in [0.5, 0.6) is 5.75 Å². The van der Waals surface area contributed by atoms with E-state index in [1.807, 2.05) is 30.3 Å². The van der Waals surface area contributed by atoms with Crippen LogP contribution in [0.1, 0.15) is 31.9 Å². The van der Waals surface area contributed by atoms with Crippen LogP contribution in [0, 0.1) is 0 Å². The smallest absolute Gasteiger partial charge is 0.277 e. The summed E-state index contributed by atoms with van der Waals surface area (Å²) in [6, 6.07) is 20.1. The highest BCUT2D eigenvalue weighted by molar-refractivity contribution is 7.98. The van der Waals surface area contributed by atoms with E-state index in [1.165, 1.54) is 22.9 Å². The third kappa shape index (κ3) is 3.90. The number of aromatic hydroxyl groups is 1. The van der Waals surface area contributed by atoms with E-state index in [0.29, 0.717) is 16.7 Å². The molecular weight excluding hydrogens is 368 g/mol. The van der Waals surface area contributed by atoms with E-state index in [2.05, 4.69) is 55.2 Å². The minimum absolute atomic E-state index is 0.136. The summed E-state index contributed by atoms with van der Waals surface area (Å²) in [7, 11) is 0. The van der Waals surface area contributed by atoms with Crippen LogP contribution in [0.3, 0.4) is 0 Å². The molecule has 0 aliphatic rings. The quantitative estimate of drug-likeness (QED) is 0.421. The second-order valence-corrected chi connectivity index (χ2v) is 8.75. The van der Waals surface area contributed by atoms with Gasteiger partial charge in [0.15, 0.2) is 0 Å². The van der Waals surface area contributed by atoms with Crippen molar-refractivity contribution in [3.05, 3.63) is 71.8 Å². The maximum atomic E-state index is 10.3. The number of hydrogen-bond donors (Lipinski definition) is 1. The van der Waals surface area contributed by atoms with E-state index in [1.54, 1.807) is 6.07 Å². The van der Waals surface area contributed by atoms with Gasteiger partial charge in [-0.1, -0.05) is 81.1 Å². The fraction of sp³-hybridized carbons (Fsp3) is 0.217. The summed E-state index contributed by atoms with van der Waals surface area (Å²) in [5.74, 6) is 1.21. The molecule has 142 valence electrons. The number of rotatable bonds is 4. The van der Waals surface area contributed by atoms with Gasteiger partial charge in [-0.25, -0.2) is 0 Å². The molecule has 1 aromatic heterocycles. The Kier molecular flexibility index (Phi) is 4.85. The Hall–Kier alpha value is -2.79. The zero-order valence-corrected chi connectivity index (χ0v) is 17.0. The summed E-state index contributed by atoms with van der Waals surface area (Å²) in [6.45, 7) is 6.62. The van der Waals surface area contributed by atoms with Gasteiger partial charge in [-0.2, -0.15) is 0 Å². The van der Waals surface area contributed by atoms with Crippen molar-refractivity contribution in [2.24, 2.45) is 0 Å². The van der Waals surface area contributed by atoms with Gasteiger partial charge in [0.1, 0.15) is 5.75 Å². The third-order valence-electron chi connectivity index (χ3n) is 4.68. The molecule has 28 heavy (non-hydrogen) atoms. The zero-order chi connectivity index (χ0) is 19.7. The summed E-state index contributed by atoms with van der Waals surface area (Å²) in [6.07, 6.45) is 0. The van der Waals surface area contributed by atoms with Crippen LogP contribution in [-0.4, -0.2) is 15.3 Å². The van der Waals surface area contributed by atoms with Crippen LogP contribution < -0.4 is 0 Å². The van der Waals surface area contributed by atoms with E-state index in [0.717, 1.165) is 16.5 Å². The Labute approximate surface area is 168 Å². The molecule has 0 atom stereocenters. The van der Waals surface area contributed by atoms with E-state index in [4.69, 9.17) is 4.42 Å². The van der Waals surface area contributed by atoms with Gasteiger partial charge in [0.25, 0.3) is 11.1 Å². The molecule has 3 aromatic carbocycles. The average molecular weight is 391 g/mol. The third-order valence-corrected chi connectivity index (χ3v) is 5.57. The minimum atomic E-state index is 0.136. The molecule has 0 aliphatic heterocycles. The molecule has 0 saturated carbocycles. The lowest BCUT2D eigenvalue weighted by atomic mass is 9.87. The SMILES string of the molecule is CC(C)(C)c1ccc(CSc2nnc(-c3cc4ccccc4cc3O)o2)cc1. The number of thioether (sulfide) groups is 1. The molecule has 0 spiro atoms. The maximum Gasteiger partial charge on any atom is 0.277 e. The second kappa shape index (κ2) is 7.32. The number of phenolic OH excluding ortho intramolecular Hbond substituents is 1. The van der Waals surface area contributed by atoms with Crippen LogP contribution in [0.4, 0.5) is 0 Å². The molecule has 0 unspecified atom stereocenters. The lowest BCUT2D eigenvalue weighted by molar-refractivity contribution is 0.453. The van der Waals surface area contributed by atoms with Gasteiger partial charge in [0, 0.05) is 5.75 Å². The summed E-state index contributed by atoms with van der Waals surface area (Å²) >= 11 is 1.49. The summed E-state index contributed by atoms with van der Waals surface area (Å²) in [5, 5.41) is 21.0. The van der Waals surface area contributed by atoms with Crippen molar-refractivity contribution in [3.8, 4) is 17.2 Å². The van der Waals surface area contributed by atoms with Crippen LogP contribution in [-0.2, 0) is 11.2 Å². The molecule has 0 bridgehead atoms. The minimum Gasteiger partial charge on any atom is -0.507 e. The predicted molar refractivity (Wildman–Crippen MR) is 114 cm³/mol. The first-order valence-corrected chi connectivity index (χ1v) is 10.2. The number of hydrogen-bond acceptors (Lipinski definition) is 5. The molecule has 4 aromatic rings. The van der Waals surface area contributed by atoms with Crippen molar-refractivity contribution in [2.75, 3.05) is 0 Å². The standard InChI is InChI=1S/C23H22N2O2S/c1-23(2,3)18-10-8-15(9-11-18)14-28-22-25-24-21(27-22)19-12-16-6-4-5-7-17(16)13-20(19)26/h4-13,26H,14H2,1-3H3. The zero-order valence-electron chi connectivity index (χ0n) is 16.1. The number of fused-ring (bicyclic) bond motifs is 1. The lowest BCUT2D eigenvalue weighted by Crippen LogP contribution is -2.10. The summed E-state index contributed by atoms with van der Waals surface area (Å²) in [4.78, 5) is 0. The Morgan fingerprint density at radius 3 is 2.29 bits per heavy atom. The Balaban J connectivity index is 1.50. The molecule has 5 heteroatoms. The average Bonchev–Trinajstić information content (AvgIpc) is 3.14. The highest BCUT2D eigenvalue weighted by Crippen LogP contribution is 2.34. The van der Waals surface area contributed by atoms with Crippen LogP contribution >= 0.6 is 11.8 Å². The normalized spacial score (nSPS) is 11.8. The fourth-order valence-corrected chi connectivity index (χ4v) is 3.74. The van der Waals surface area contributed by atoms with Crippen LogP contribution in [0.15, 0.2) is 70.3 Å². The Bertz CT molecular complexity index is 1110. The van der Waals surface area contributed by atoms with Crippen molar-refractivity contribution < 1.29 is 9.52 Å². The van der Waals surface area contributed by atoms with E-state index in [9.17, 15) is 5.11 Å². The van der Waals surface area contributed by atoms with Gasteiger partial charge in [0.05, 0.1) is 5.56 Å². The number of benzene rings is 3. The van der Waals surface area contributed by atoms with Gasteiger partial charge in [-0.05, 0) is 39.4 Å². The molecule has 0 saturated heterocycles. The van der Waals surface area contributed by atoms with E-state index >= 15 is 0 Å². The van der Waals surface area contributed by atoms with Gasteiger partial charge < -0.3 is 9.52 Å². The molecule has 4 nitrogen and oxygen atoms in total. The highest BCUT2D eigenvalue weighted by Gasteiger charge is 2.15. The van der Waals surface area contributed by atoms with Gasteiger partial charge >= 0.3 is 0 Å². The Morgan fingerprint density at radius 1 is 0.929 bits per heavy atom. The lowest BCUT2D eigenvalue weighted by Gasteiger charge is -2.19. The number of phenols is 1. The van der Waals surface area contributed by atoms with Crippen LogP contribution in [0.25, 0.3) is 22.2 Å². The molecule has 0 amide bonds. The van der Waals surface area contributed by atoms with E-state index < -0.39 is 0 Å². The van der Waals surface area contributed by atoms with Gasteiger partial charge in [-0.15, -0.1) is 10.2 Å². The van der Waals surface area contributed by atoms with Gasteiger partial charge in [-0.3, -0.25) is 0 Å².